The van der Waals surface area contributed by atoms with E-state index in [-0.39, 0.29) is 23.0 Å². The van der Waals surface area contributed by atoms with Crippen LogP contribution in [0, 0.1) is 5.82 Å². The van der Waals surface area contributed by atoms with Crippen LogP contribution in [-0.4, -0.2) is 21.1 Å². The number of hydrogen-bond donors (Lipinski definition) is 0. The normalized spacial score (nSPS) is 13.3. The maximum Gasteiger partial charge on any atom is 0.349 e. The Hall–Kier alpha value is -2.25. The molecular formula is C21H19FN2O2S2. The molecule has 1 aliphatic rings. The van der Waals surface area contributed by atoms with E-state index in [1.807, 2.05) is 17.5 Å². The van der Waals surface area contributed by atoms with Crippen LogP contribution >= 0.6 is 23.1 Å². The Bertz CT molecular complexity index is 1040. The van der Waals surface area contributed by atoms with Crippen LogP contribution in [0.2, 0.25) is 0 Å². The number of aromatic nitrogens is 2. The molecule has 0 aliphatic heterocycles. The fourth-order valence-corrected chi connectivity index (χ4v) is 5.11. The van der Waals surface area contributed by atoms with E-state index in [0.29, 0.717) is 17.1 Å². The third kappa shape index (κ3) is 4.10. The van der Waals surface area contributed by atoms with Crippen molar-refractivity contribution in [2.24, 2.45) is 0 Å². The van der Waals surface area contributed by atoms with Gasteiger partial charge in [-0.2, -0.15) is 4.98 Å². The van der Waals surface area contributed by atoms with Crippen molar-refractivity contribution < 1.29 is 9.18 Å². The van der Waals surface area contributed by atoms with Gasteiger partial charge in [-0.25, -0.2) is 9.18 Å². The fourth-order valence-electron chi connectivity index (χ4n) is 3.44. The van der Waals surface area contributed by atoms with Gasteiger partial charge in [0.25, 0.3) is 0 Å². The first kappa shape index (κ1) is 19.1. The molecule has 0 fully saturated rings. The fraction of sp³-hybridized carbons (Fsp3) is 0.286. The summed E-state index contributed by atoms with van der Waals surface area (Å²) in [5.41, 5.74) is 2.36. The number of carbonyl (C=O) groups excluding carboxylic acids is 1. The van der Waals surface area contributed by atoms with E-state index in [1.165, 1.54) is 36.0 Å². The minimum absolute atomic E-state index is 0.0980. The maximum atomic E-state index is 13.0. The number of thiophene rings is 1. The van der Waals surface area contributed by atoms with Crippen molar-refractivity contribution in [3.63, 3.8) is 0 Å². The SMILES string of the molecule is O=C(CSc1nc(=O)n(Cc2cccs2)c2c1CCCC2)c1ccc(F)cc1. The van der Waals surface area contributed by atoms with Gasteiger partial charge in [0.05, 0.1) is 12.3 Å². The number of benzene rings is 1. The van der Waals surface area contributed by atoms with Crippen molar-refractivity contribution in [1.82, 2.24) is 9.55 Å². The first-order valence-electron chi connectivity index (χ1n) is 9.18. The number of hydrogen-bond acceptors (Lipinski definition) is 5. The Morgan fingerprint density at radius 3 is 2.71 bits per heavy atom. The monoisotopic (exact) mass is 414 g/mol. The summed E-state index contributed by atoms with van der Waals surface area (Å²) in [6, 6.07) is 9.54. The number of halogens is 1. The van der Waals surface area contributed by atoms with Gasteiger partial charge in [-0.15, -0.1) is 11.3 Å². The standard InChI is InChI=1S/C21H19FN2O2S2/c22-15-9-7-14(8-10-15)19(25)13-28-20-17-5-1-2-6-18(17)24(21(26)23-20)12-16-4-3-11-27-16/h3-4,7-11H,1-2,5-6,12-13H2. The van der Waals surface area contributed by atoms with Crippen molar-refractivity contribution in [1.29, 1.82) is 0 Å². The molecule has 1 aromatic carbocycles. The van der Waals surface area contributed by atoms with Gasteiger partial charge in [0, 0.05) is 21.7 Å². The zero-order chi connectivity index (χ0) is 19.5. The van der Waals surface area contributed by atoms with Gasteiger partial charge in [-0.1, -0.05) is 17.8 Å². The molecule has 0 N–H and O–H groups in total. The number of ketones is 1. The molecule has 0 atom stereocenters. The lowest BCUT2D eigenvalue weighted by Gasteiger charge is -2.22. The first-order chi connectivity index (χ1) is 13.6. The quantitative estimate of drug-likeness (QED) is 0.342. The summed E-state index contributed by atoms with van der Waals surface area (Å²) in [4.78, 5) is 30.6. The Morgan fingerprint density at radius 1 is 1.18 bits per heavy atom. The summed E-state index contributed by atoms with van der Waals surface area (Å²) in [6.07, 6.45) is 3.85. The highest BCUT2D eigenvalue weighted by Gasteiger charge is 2.21. The Morgan fingerprint density at radius 2 is 1.96 bits per heavy atom. The number of nitrogens with zero attached hydrogens (tertiary/aromatic N) is 2. The van der Waals surface area contributed by atoms with E-state index in [1.54, 1.807) is 15.9 Å². The number of rotatable bonds is 6. The van der Waals surface area contributed by atoms with Gasteiger partial charge in [-0.3, -0.25) is 9.36 Å². The third-order valence-corrected chi connectivity index (χ3v) is 6.73. The average Bonchev–Trinajstić information content (AvgIpc) is 3.22. The molecule has 4 rings (SSSR count). The van der Waals surface area contributed by atoms with E-state index < -0.39 is 0 Å². The zero-order valence-corrected chi connectivity index (χ0v) is 16.8. The van der Waals surface area contributed by atoms with Crippen molar-refractivity contribution in [3.05, 3.63) is 79.8 Å². The molecule has 0 radical (unpaired) electrons. The Labute approximate surface area is 170 Å². The smallest absolute Gasteiger partial charge is 0.293 e. The molecule has 0 saturated carbocycles. The summed E-state index contributed by atoms with van der Waals surface area (Å²) in [7, 11) is 0. The molecule has 7 heteroatoms. The van der Waals surface area contributed by atoms with Crippen LogP contribution < -0.4 is 5.69 Å². The molecule has 3 aromatic rings. The number of Topliss-reactive ketones (excluding diaryl/α,β-unsaturated/α-hetero) is 1. The van der Waals surface area contributed by atoms with Crippen LogP contribution in [-0.2, 0) is 19.4 Å². The second-order valence-electron chi connectivity index (χ2n) is 6.72. The lowest BCUT2D eigenvalue weighted by Crippen LogP contribution is -2.30. The molecular weight excluding hydrogens is 395 g/mol. The summed E-state index contributed by atoms with van der Waals surface area (Å²) < 4.78 is 14.8. The van der Waals surface area contributed by atoms with Crippen molar-refractivity contribution in [3.8, 4) is 0 Å². The van der Waals surface area contributed by atoms with Gasteiger partial charge in [-0.05, 0) is 61.4 Å². The lowest BCUT2D eigenvalue weighted by atomic mass is 9.97. The van der Waals surface area contributed by atoms with Gasteiger partial charge >= 0.3 is 5.69 Å². The van der Waals surface area contributed by atoms with Crippen molar-refractivity contribution in [2.45, 2.75) is 37.3 Å². The van der Waals surface area contributed by atoms with Crippen LogP contribution in [0.5, 0.6) is 0 Å². The van der Waals surface area contributed by atoms with E-state index in [4.69, 9.17) is 0 Å². The Kier molecular flexibility index (Phi) is 5.73. The second-order valence-corrected chi connectivity index (χ2v) is 8.71. The van der Waals surface area contributed by atoms with Crippen LogP contribution in [0.15, 0.2) is 51.6 Å². The number of fused-ring (bicyclic) bond motifs is 1. The maximum absolute atomic E-state index is 13.0. The molecule has 0 saturated heterocycles. The molecule has 0 bridgehead atoms. The van der Waals surface area contributed by atoms with Gasteiger partial charge in [0.1, 0.15) is 10.8 Å². The predicted molar refractivity (Wildman–Crippen MR) is 110 cm³/mol. The molecule has 2 aromatic heterocycles. The highest BCUT2D eigenvalue weighted by molar-refractivity contribution is 8.00. The largest absolute Gasteiger partial charge is 0.349 e. The minimum Gasteiger partial charge on any atom is -0.293 e. The summed E-state index contributed by atoms with van der Waals surface area (Å²) >= 11 is 2.94. The molecule has 144 valence electrons. The molecule has 0 amide bonds. The van der Waals surface area contributed by atoms with Crippen LogP contribution in [0.4, 0.5) is 4.39 Å². The van der Waals surface area contributed by atoms with Crippen molar-refractivity contribution >= 4 is 28.9 Å². The highest BCUT2D eigenvalue weighted by Crippen LogP contribution is 2.29. The minimum atomic E-state index is -0.366. The molecule has 4 nitrogen and oxygen atoms in total. The summed E-state index contributed by atoms with van der Waals surface area (Å²) in [5, 5.41) is 2.67. The topological polar surface area (TPSA) is 52.0 Å². The second kappa shape index (κ2) is 8.41. The molecule has 1 aliphatic carbocycles. The first-order valence-corrected chi connectivity index (χ1v) is 11.0. The highest BCUT2D eigenvalue weighted by atomic mass is 32.2. The molecule has 2 heterocycles. The van der Waals surface area contributed by atoms with E-state index >= 15 is 0 Å². The summed E-state index contributed by atoms with van der Waals surface area (Å²) in [6.45, 7) is 0.547. The van der Waals surface area contributed by atoms with E-state index in [2.05, 4.69) is 4.98 Å². The van der Waals surface area contributed by atoms with Gasteiger partial charge in [0.2, 0.25) is 0 Å². The Balaban J connectivity index is 1.59. The van der Waals surface area contributed by atoms with Crippen molar-refractivity contribution in [2.75, 3.05) is 5.75 Å². The zero-order valence-electron chi connectivity index (χ0n) is 15.2. The van der Waals surface area contributed by atoms with E-state index in [9.17, 15) is 14.0 Å². The van der Waals surface area contributed by atoms with Gasteiger partial charge in [0.15, 0.2) is 5.78 Å². The third-order valence-electron chi connectivity index (χ3n) is 4.85. The lowest BCUT2D eigenvalue weighted by molar-refractivity contribution is 0.102. The van der Waals surface area contributed by atoms with E-state index in [0.717, 1.165) is 41.8 Å². The van der Waals surface area contributed by atoms with Crippen LogP contribution in [0.1, 0.15) is 39.3 Å². The molecule has 28 heavy (non-hydrogen) atoms. The summed E-state index contributed by atoms with van der Waals surface area (Å²) in [5.74, 6) is -0.284. The average molecular weight is 415 g/mol. The molecule has 0 unspecified atom stereocenters. The number of thioether (sulfide) groups is 1. The van der Waals surface area contributed by atoms with Crippen LogP contribution in [0.3, 0.4) is 0 Å². The molecule has 0 spiro atoms. The predicted octanol–water partition coefficient (Wildman–Crippen LogP) is 4.35. The van der Waals surface area contributed by atoms with Crippen LogP contribution in [0.25, 0.3) is 0 Å². The number of carbonyl (C=O) groups is 1. The van der Waals surface area contributed by atoms with Gasteiger partial charge < -0.3 is 0 Å².